The molecule has 0 spiro atoms. The molecule has 0 saturated carbocycles. The average Bonchev–Trinajstić information content (AvgIpc) is 2.66. The van der Waals surface area contributed by atoms with Gasteiger partial charge in [-0.25, -0.2) is 4.39 Å². The van der Waals surface area contributed by atoms with E-state index in [-0.39, 0.29) is 28.1 Å². The van der Waals surface area contributed by atoms with E-state index < -0.39 is 5.82 Å². The quantitative estimate of drug-likeness (QED) is 0.495. The number of benzene rings is 1. The van der Waals surface area contributed by atoms with Crippen LogP contribution in [0.15, 0.2) is 22.2 Å². The minimum Gasteiger partial charge on any atom is -0.487 e. The maximum atomic E-state index is 15.1. The van der Waals surface area contributed by atoms with Gasteiger partial charge in [0.2, 0.25) is 0 Å². The van der Waals surface area contributed by atoms with Crippen molar-refractivity contribution in [3.63, 3.8) is 0 Å². The normalized spacial score (nSPS) is 20.8. The highest BCUT2D eigenvalue weighted by Crippen LogP contribution is 2.42. The van der Waals surface area contributed by atoms with Gasteiger partial charge < -0.3 is 24.3 Å². The van der Waals surface area contributed by atoms with Crippen LogP contribution in [0.5, 0.6) is 5.75 Å². The van der Waals surface area contributed by atoms with Gasteiger partial charge >= 0.3 is 0 Å². The van der Waals surface area contributed by atoms with Gasteiger partial charge in [-0.15, -0.1) is 0 Å². The van der Waals surface area contributed by atoms with E-state index in [1.807, 2.05) is 23.4 Å². The number of hydrogen-bond donors (Lipinski definition) is 1. The number of anilines is 1. The molecule has 7 nitrogen and oxygen atoms in total. The summed E-state index contributed by atoms with van der Waals surface area (Å²) in [5.74, 6) is -0.0362. The molecule has 1 N–H and O–H groups in total. The van der Waals surface area contributed by atoms with Gasteiger partial charge in [-0.1, -0.05) is 5.16 Å². The SMILES string of the molecule is C/C(=N\O)c1cn2c3c(c(N4CCN(C)CC4)c(F)cc3c1=O)OC[C@@H]2C. The Morgan fingerprint density at radius 1 is 1.33 bits per heavy atom. The van der Waals surface area contributed by atoms with E-state index in [0.717, 1.165) is 13.1 Å². The summed E-state index contributed by atoms with van der Waals surface area (Å²) in [6.45, 7) is 6.98. The Labute approximate surface area is 156 Å². The number of oxime groups is 1. The molecule has 1 fully saturated rings. The molecule has 8 heteroatoms. The van der Waals surface area contributed by atoms with E-state index in [9.17, 15) is 4.79 Å². The number of likely N-dealkylation sites (N-methyl/N-ethyl adjacent to an activating group) is 1. The van der Waals surface area contributed by atoms with Crippen LogP contribution in [0.3, 0.4) is 0 Å². The van der Waals surface area contributed by atoms with E-state index in [0.29, 0.717) is 36.6 Å². The van der Waals surface area contributed by atoms with Crippen molar-refractivity contribution in [1.29, 1.82) is 0 Å². The van der Waals surface area contributed by atoms with E-state index in [4.69, 9.17) is 9.94 Å². The molecule has 144 valence electrons. The highest BCUT2D eigenvalue weighted by molar-refractivity contribution is 6.02. The van der Waals surface area contributed by atoms with Crippen molar-refractivity contribution in [2.75, 3.05) is 44.7 Å². The number of hydrogen-bond acceptors (Lipinski definition) is 6. The van der Waals surface area contributed by atoms with Crippen LogP contribution < -0.4 is 15.1 Å². The molecule has 2 aromatic rings. The first kappa shape index (κ1) is 17.8. The molecule has 0 amide bonds. The second-order valence-electron chi connectivity index (χ2n) is 7.35. The predicted molar refractivity (Wildman–Crippen MR) is 102 cm³/mol. The maximum absolute atomic E-state index is 15.1. The highest BCUT2D eigenvalue weighted by Gasteiger charge is 2.30. The summed E-state index contributed by atoms with van der Waals surface area (Å²) in [7, 11) is 2.04. The molecular weight excluding hydrogens is 351 g/mol. The van der Waals surface area contributed by atoms with Crippen molar-refractivity contribution in [3.8, 4) is 5.75 Å². The van der Waals surface area contributed by atoms with Gasteiger partial charge in [0.1, 0.15) is 12.3 Å². The summed E-state index contributed by atoms with van der Waals surface area (Å²) in [5, 5.41) is 12.5. The Morgan fingerprint density at radius 2 is 2.04 bits per heavy atom. The van der Waals surface area contributed by atoms with Crippen LogP contribution in [-0.4, -0.2) is 60.2 Å². The molecule has 0 radical (unpaired) electrons. The number of halogens is 1. The van der Waals surface area contributed by atoms with Crippen molar-refractivity contribution in [2.45, 2.75) is 19.9 Å². The number of rotatable bonds is 2. The fraction of sp³-hybridized carbons (Fsp3) is 0.474. The summed E-state index contributed by atoms with van der Waals surface area (Å²) >= 11 is 0. The minimum absolute atomic E-state index is 0.0309. The lowest BCUT2D eigenvalue weighted by molar-refractivity contribution is 0.245. The fourth-order valence-corrected chi connectivity index (χ4v) is 3.85. The number of nitrogens with zero attached hydrogens (tertiary/aromatic N) is 4. The first-order valence-electron chi connectivity index (χ1n) is 9.09. The van der Waals surface area contributed by atoms with Crippen LogP contribution in [-0.2, 0) is 0 Å². The fourth-order valence-electron chi connectivity index (χ4n) is 3.85. The number of pyridine rings is 1. The third-order valence-electron chi connectivity index (χ3n) is 5.50. The van der Waals surface area contributed by atoms with Crippen LogP contribution in [0.25, 0.3) is 10.9 Å². The van der Waals surface area contributed by atoms with Crippen molar-refractivity contribution in [2.24, 2.45) is 5.16 Å². The molecular formula is C19H23FN4O3. The lowest BCUT2D eigenvalue weighted by Crippen LogP contribution is -2.45. The zero-order valence-corrected chi connectivity index (χ0v) is 15.7. The molecule has 0 aliphatic carbocycles. The summed E-state index contributed by atoms with van der Waals surface area (Å²) in [6.07, 6.45) is 1.68. The lowest BCUT2D eigenvalue weighted by atomic mass is 10.0. The van der Waals surface area contributed by atoms with E-state index in [1.54, 1.807) is 13.1 Å². The van der Waals surface area contributed by atoms with Gasteiger partial charge in [0.25, 0.3) is 0 Å². The molecule has 1 saturated heterocycles. The van der Waals surface area contributed by atoms with Crippen LogP contribution in [0.2, 0.25) is 0 Å². The highest BCUT2D eigenvalue weighted by atomic mass is 19.1. The van der Waals surface area contributed by atoms with Gasteiger partial charge in [0, 0.05) is 32.4 Å². The lowest BCUT2D eigenvalue weighted by Gasteiger charge is -2.37. The molecule has 3 heterocycles. The van der Waals surface area contributed by atoms with Crippen molar-refractivity contribution >= 4 is 22.3 Å². The van der Waals surface area contributed by atoms with Crippen molar-refractivity contribution < 1.29 is 14.3 Å². The van der Waals surface area contributed by atoms with Gasteiger partial charge in [-0.3, -0.25) is 4.79 Å². The van der Waals surface area contributed by atoms with Crippen LogP contribution in [0.1, 0.15) is 25.5 Å². The van der Waals surface area contributed by atoms with Crippen molar-refractivity contribution in [1.82, 2.24) is 9.47 Å². The smallest absolute Gasteiger partial charge is 0.198 e. The van der Waals surface area contributed by atoms with E-state index in [1.165, 1.54) is 6.07 Å². The van der Waals surface area contributed by atoms with Gasteiger partial charge in [0.05, 0.1) is 28.2 Å². The Balaban J connectivity index is 2.00. The summed E-state index contributed by atoms with van der Waals surface area (Å²) < 4.78 is 23.0. The topological polar surface area (TPSA) is 70.3 Å². The van der Waals surface area contributed by atoms with Crippen LogP contribution >= 0.6 is 0 Å². The third-order valence-corrected chi connectivity index (χ3v) is 5.50. The Kier molecular flexibility index (Phi) is 4.30. The molecule has 27 heavy (non-hydrogen) atoms. The van der Waals surface area contributed by atoms with Gasteiger partial charge in [-0.2, -0.15) is 0 Å². The predicted octanol–water partition coefficient (Wildman–Crippen LogP) is 2.04. The molecule has 1 aromatic heterocycles. The minimum atomic E-state index is -0.462. The summed E-state index contributed by atoms with van der Waals surface area (Å²) in [4.78, 5) is 17.1. The zero-order valence-electron chi connectivity index (χ0n) is 15.7. The monoisotopic (exact) mass is 374 g/mol. The van der Waals surface area contributed by atoms with E-state index >= 15 is 4.39 Å². The zero-order chi connectivity index (χ0) is 19.3. The molecule has 4 rings (SSSR count). The Bertz CT molecular complexity index is 993. The summed E-state index contributed by atoms with van der Waals surface area (Å²) in [5.41, 5.74) is 1.13. The first-order chi connectivity index (χ1) is 12.9. The van der Waals surface area contributed by atoms with E-state index in [2.05, 4.69) is 10.1 Å². The number of aromatic nitrogens is 1. The number of piperazine rings is 1. The van der Waals surface area contributed by atoms with Crippen LogP contribution in [0, 0.1) is 5.82 Å². The standard InChI is InChI=1S/C19H23FN4O3/c1-11-10-27-19-16-13(18(25)14(9-24(11)16)12(2)21-26)8-15(20)17(19)23-6-4-22(3)5-7-23/h8-9,11,26H,4-7,10H2,1-3H3/b21-12+/t11-/m0/s1. The number of ether oxygens (including phenoxy) is 1. The molecule has 1 aromatic carbocycles. The second kappa shape index (κ2) is 6.53. The molecule has 0 bridgehead atoms. The second-order valence-corrected chi connectivity index (χ2v) is 7.35. The largest absolute Gasteiger partial charge is 0.487 e. The molecule has 0 unspecified atom stereocenters. The molecule has 2 aliphatic heterocycles. The Hall–Kier alpha value is -2.61. The maximum Gasteiger partial charge on any atom is 0.198 e. The van der Waals surface area contributed by atoms with Gasteiger partial charge in [-0.05, 0) is 27.0 Å². The molecule has 1 atom stereocenters. The third kappa shape index (κ3) is 2.75. The van der Waals surface area contributed by atoms with Gasteiger partial charge in [0.15, 0.2) is 17.0 Å². The Morgan fingerprint density at radius 3 is 2.70 bits per heavy atom. The van der Waals surface area contributed by atoms with Crippen molar-refractivity contribution in [3.05, 3.63) is 33.9 Å². The summed E-state index contributed by atoms with van der Waals surface area (Å²) in [6, 6.07) is 1.26. The average molecular weight is 374 g/mol. The van der Waals surface area contributed by atoms with Crippen LogP contribution in [0.4, 0.5) is 10.1 Å². The first-order valence-corrected chi connectivity index (χ1v) is 9.09. The molecule has 2 aliphatic rings.